The molecular weight excluding hydrogens is 350 g/mol. The summed E-state index contributed by atoms with van der Waals surface area (Å²) in [6.45, 7) is 0.364. The SMILES string of the molecule is COc1cc(OC)cc(N2Cc3c(ncc(Br)c3N)C2=O)c1. The molecule has 6 nitrogen and oxygen atoms in total. The molecule has 3 rings (SSSR count). The highest BCUT2D eigenvalue weighted by Crippen LogP contribution is 2.36. The Morgan fingerprint density at radius 1 is 1.23 bits per heavy atom. The number of nitrogen functional groups attached to an aromatic ring is 1. The van der Waals surface area contributed by atoms with Crippen LogP contribution in [0.25, 0.3) is 0 Å². The van der Waals surface area contributed by atoms with E-state index in [1.54, 1.807) is 43.5 Å². The van der Waals surface area contributed by atoms with Crippen molar-refractivity contribution in [3.8, 4) is 11.5 Å². The predicted molar refractivity (Wildman–Crippen MR) is 86.4 cm³/mol. The summed E-state index contributed by atoms with van der Waals surface area (Å²) >= 11 is 3.33. The molecule has 0 fully saturated rings. The van der Waals surface area contributed by atoms with Crippen molar-refractivity contribution in [1.82, 2.24) is 4.98 Å². The highest BCUT2D eigenvalue weighted by atomic mass is 79.9. The molecule has 2 N–H and O–H groups in total. The lowest BCUT2D eigenvalue weighted by Gasteiger charge is -2.17. The summed E-state index contributed by atoms with van der Waals surface area (Å²) in [5, 5.41) is 0. The highest BCUT2D eigenvalue weighted by molar-refractivity contribution is 9.10. The molecule has 1 aromatic heterocycles. The molecule has 2 heterocycles. The Kier molecular flexibility index (Phi) is 3.66. The Balaban J connectivity index is 2.05. The van der Waals surface area contributed by atoms with Gasteiger partial charge in [0.25, 0.3) is 5.91 Å². The Labute approximate surface area is 136 Å². The van der Waals surface area contributed by atoms with E-state index in [1.807, 2.05) is 0 Å². The van der Waals surface area contributed by atoms with Crippen LogP contribution in [0, 0.1) is 0 Å². The molecule has 0 radical (unpaired) electrons. The number of hydrogen-bond acceptors (Lipinski definition) is 5. The highest BCUT2D eigenvalue weighted by Gasteiger charge is 2.32. The van der Waals surface area contributed by atoms with E-state index in [4.69, 9.17) is 15.2 Å². The van der Waals surface area contributed by atoms with Gasteiger partial charge >= 0.3 is 0 Å². The van der Waals surface area contributed by atoms with Gasteiger partial charge in [-0.1, -0.05) is 0 Å². The zero-order valence-corrected chi connectivity index (χ0v) is 13.7. The van der Waals surface area contributed by atoms with Gasteiger partial charge in [0.1, 0.15) is 17.2 Å². The average Bonchev–Trinajstić information content (AvgIpc) is 2.88. The number of methoxy groups -OCH3 is 2. The fourth-order valence-corrected chi connectivity index (χ4v) is 2.74. The number of aromatic nitrogens is 1. The summed E-state index contributed by atoms with van der Waals surface area (Å²) in [7, 11) is 3.13. The van der Waals surface area contributed by atoms with Crippen molar-refractivity contribution in [3.63, 3.8) is 0 Å². The summed E-state index contributed by atoms with van der Waals surface area (Å²) in [6.07, 6.45) is 1.54. The standard InChI is InChI=1S/C15H14BrN3O3/c1-21-9-3-8(4-10(5-9)22-2)19-7-11-13(17)12(16)6-18-14(11)15(19)20/h3-6H,7H2,1-2H3,(H2,17,18). The normalized spacial score (nSPS) is 13.2. The van der Waals surface area contributed by atoms with E-state index in [9.17, 15) is 4.79 Å². The van der Waals surface area contributed by atoms with Crippen LogP contribution in [-0.2, 0) is 6.54 Å². The van der Waals surface area contributed by atoms with Crippen molar-refractivity contribution in [2.45, 2.75) is 6.54 Å². The third-order valence-electron chi connectivity index (χ3n) is 3.59. The fourth-order valence-electron chi connectivity index (χ4n) is 2.40. The van der Waals surface area contributed by atoms with Crippen molar-refractivity contribution in [1.29, 1.82) is 0 Å². The van der Waals surface area contributed by atoms with Gasteiger partial charge in [-0.3, -0.25) is 4.79 Å². The molecule has 0 saturated carbocycles. The Hall–Kier alpha value is -2.28. The van der Waals surface area contributed by atoms with E-state index in [2.05, 4.69) is 20.9 Å². The number of nitrogens with zero attached hydrogens (tertiary/aromatic N) is 2. The first-order chi connectivity index (χ1) is 10.5. The summed E-state index contributed by atoms with van der Waals surface area (Å²) in [4.78, 5) is 18.4. The molecule has 114 valence electrons. The van der Waals surface area contributed by atoms with Crippen LogP contribution < -0.4 is 20.1 Å². The van der Waals surface area contributed by atoms with Gasteiger partial charge < -0.3 is 20.1 Å². The minimum absolute atomic E-state index is 0.190. The maximum absolute atomic E-state index is 12.6. The van der Waals surface area contributed by atoms with Crippen molar-refractivity contribution in [2.75, 3.05) is 24.9 Å². The molecule has 22 heavy (non-hydrogen) atoms. The zero-order chi connectivity index (χ0) is 15.9. The van der Waals surface area contributed by atoms with Crippen LogP contribution in [0.5, 0.6) is 11.5 Å². The van der Waals surface area contributed by atoms with Crippen molar-refractivity contribution < 1.29 is 14.3 Å². The van der Waals surface area contributed by atoms with E-state index in [0.717, 1.165) is 5.56 Å². The van der Waals surface area contributed by atoms with E-state index >= 15 is 0 Å². The largest absolute Gasteiger partial charge is 0.497 e. The minimum Gasteiger partial charge on any atom is -0.497 e. The fraction of sp³-hybridized carbons (Fsp3) is 0.200. The van der Waals surface area contributed by atoms with Crippen LogP contribution >= 0.6 is 15.9 Å². The maximum atomic E-state index is 12.6. The number of pyridine rings is 1. The lowest BCUT2D eigenvalue weighted by Crippen LogP contribution is -2.23. The molecule has 0 unspecified atom stereocenters. The number of carbonyl (C=O) groups excluding carboxylic acids is 1. The van der Waals surface area contributed by atoms with E-state index in [-0.39, 0.29) is 5.91 Å². The Bertz CT molecular complexity index is 742. The quantitative estimate of drug-likeness (QED) is 0.906. The molecular formula is C15H14BrN3O3. The Morgan fingerprint density at radius 3 is 2.45 bits per heavy atom. The number of amides is 1. The minimum atomic E-state index is -0.190. The van der Waals surface area contributed by atoms with Gasteiger partial charge in [-0.25, -0.2) is 4.98 Å². The molecule has 0 saturated heterocycles. The van der Waals surface area contributed by atoms with Crippen molar-refractivity contribution in [3.05, 3.63) is 40.1 Å². The van der Waals surface area contributed by atoms with Crippen LogP contribution in [0.2, 0.25) is 0 Å². The molecule has 0 spiro atoms. The first kappa shape index (κ1) is 14.6. The monoisotopic (exact) mass is 363 g/mol. The zero-order valence-electron chi connectivity index (χ0n) is 12.1. The van der Waals surface area contributed by atoms with Crippen LogP contribution in [0.3, 0.4) is 0 Å². The first-order valence-corrected chi connectivity index (χ1v) is 7.32. The molecule has 1 amide bonds. The van der Waals surface area contributed by atoms with E-state index in [1.165, 1.54) is 0 Å². The van der Waals surface area contributed by atoms with Crippen molar-refractivity contribution >= 4 is 33.2 Å². The molecule has 1 aromatic carbocycles. The first-order valence-electron chi connectivity index (χ1n) is 6.53. The second-order valence-electron chi connectivity index (χ2n) is 4.81. The van der Waals surface area contributed by atoms with Gasteiger partial charge in [0.05, 0.1) is 36.6 Å². The number of halogens is 1. The van der Waals surface area contributed by atoms with Crippen LogP contribution in [-0.4, -0.2) is 25.1 Å². The smallest absolute Gasteiger partial charge is 0.277 e. The van der Waals surface area contributed by atoms with Gasteiger partial charge in [-0.15, -0.1) is 0 Å². The number of carbonyl (C=O) groups is 1. The molecule has 0 aliphatic carbocycles. The van der Waals surface area contributed by atoms with Gasteiger partial charge in [-0.2, -0.15) is 0 Å². The van der Waals surface area contributed by atoms with Crippen LogP contribution in [0.15, 0.2) is 28.9 Å². The summed E-state index contributed by atoms with van der Waals surface area (Å²) in [5.74, 6) is 1.03. The van der Waals surface area contributed by atoms with Gasteiger partial charge in [0.2, 0.25) is 0 Å². The van der Waals surface area contributed by atoms with Crippen LogP contribution in [0.4, 0.5) is 11.4 Å². The molecule has 2 aromatic rings. The topological polar surface area (TPSA) is 77.7 Å². The number of fused-ring (bicyclic) bond motifs is 1. The van der Waals surface area contributed by atoms with Gasteiger partial charge in [0.15, 0.2) is 0 Å². The van der Waals surface area contributed by atoms with E-state index < -0.39 is 0 Å². The predicted octanol–water partition coefficient (Wildman–Crippen LogP) is 2.60. The average molecular weight is 364 g/mol. The molecule has 0 atom stereocenters. The second kappa shape index (κ2) is 5.49. The Morgan fingerprint density at radius 2 is 1.86 bits per heavy atom. The number of hydrogen-bond donors (Lipinski definition) is 1. The van der Waals surface area contributed by atoms with Gasteiger partial charge in [0, 0.05) is 30.0 Å². The number of nitrogens with two attached hydrogens (primary N) is 1. The number of ether oxygens (including phenoxy) is 2. The number of benzene rings is 1. The van der Waals surface area contributed by atoms with Crippen molar-refractivity contribution in [2.24, 2.45) is 0 Å². The number of anilines is 2. The lowest BCUT2D eigenvalue weighted by molar-refractivity contribution is 0.0992. The summed E-state index contributed by atoms with van der Waals surface area (Å²) in [5.41, 5.74) is 8.35. The molecule has 0 bridgehead atoms. The lowest BCUT2D eigenvalue weighted by atomic mass is 10.2. The molecule has 7 heteroatoms. The van der Waals surface area contributed by atoms with E-state index in [0.29, 0.717) is 39.6 Å². The molecule has 1 aliphatic rings. The third kappa shape index (κ3) is 2.27. The summed E-state index contributed by atoms with van der Waals surface area (Å²) in [6, 6.07) is 5.30. The molecule has 1 aliphatic heterocycles. The van der Waals surface area contributed by atoms with Crippen LogP contribution in [0.1, 0.15) is 16.1 Å². The van der Waals surface area contributed by atoms with Gasteiger partial charge in [-0.05, 0) is 15.9 Å². The summed E-state index contributed by atoms with van der Waals surface area (Å²) < 4.78 is 11.2. The maximum Gasteiger partial charge on any atom is 0.277 e. The second-order valence-corrected chi connectivity index (χ2v) is 5.66. The number of rotatable bonds is 3. The third-order valence-corrected chi connectivity index (χ3v) is 4.22.